The lowest BCUT2D eigenvalue weighted by Gasteiger charge is -2.31. The molecule has 1 saturated heterocycles. The van der Waals surface area contributed by atoms with E-state index in [0.29, 0.717) is 12.1 Å². The molecule has 1 fully saturated rings. The second-order valence-electron chi connectivity index (χ2n) is 4.87. The highest BCUT2D eigenvalue weighted by molar-refractivity contribution is 7.16. The molecule has 1 amide bonds. The Balaban J connectivity index is 2.18. The second kappa shape index (κ2) is 3.71. The fraction of sp³-hybridized carbons (Fsp3) is 0.583. The molecule has 0 spiro atoms. The van der Waals surface area contributed by atoms with Crippen molar-refractivity contribution >= 4 is 22.2 Å². The molecule has 0 aliphatic carbocycles. The zero-order chi connectivity index (χ0) is 12.2. The predicted molar refractivity (Wildman–Crippen MR) is 69.6 cm³/mol. The van der Waals surface area contributed by atoms with Gasteiger partial charge in [0.25, 0.3) is 5.91 Å². The lowest BCUT2D eigenvalue weighted by atomic mass is 9.97. The number of carbonyl (C=O) groups excluding carboxylic acids is 1. The van der Waals surface area contributed by atoms with Gasteiger partial charge in [-0.1, -0.05) is 0 Å². The summed E-state index contributed by atoms with van der Waals surface area (Å²) >= 11 is 1.70. The zero-order valence-corrected chi connectivity index (χ0v) is 10.9. The first kappa shape index (κ1) is 11.0. The molecule has 0 radical (unpaired) electrons. The number of nitrogens with one attached hydrogen (secondary N) is 1. The number of carbonyl (C=O) groups is 1. The lowest BCUT2D eigenvalue weighted by Crippen LogP contribution is -2.34. The van der Waals surface area contributed by atoms with Crippen molar-refractivity contribution in [2.45, 2.75) is 31.3 Å². The van der Waals surface area contributed by atoms with E-state index in [2.05, 4.69) is 17.3 Å². The minimum absolute atomic E-state index is 0.300. The van der Waals surface area contributed by atoms with Crippen LogP contribution in [0.3, 0.4) is 0 Å². The molecule has 0 unspecified atom stereocenters. The number of anilines is 1. The van der Waals surface area contributed by atoms with Crippen LogP contribution in [-0.2, 0) is 6.42 Å². The second-order valence-corrected chi connectivity index (χ2v) is 5.98. The molecule has 1 aromatic heterocycles. The van der Waals surface area contributed by atoms with Crippen LogP contribution in [0.15, 0.2) is 0 Å². The maximum absolute atomic E-state index is 11.7. The van der Waals surface area contributed by atoms with Crippen molar-refractivity contribution in [1.82, 2.24) is 4.90 Å². The monoisotopic (exact) mass is 251 g/mol. The fourth-order valence-corrected chi connectivity index (χ4v) is 4.52. The summed E-state index contributed by atoms with van der Waals surface area (Å²) in [5.74, 6) is -0.300. The van der Waals surface area contributed by atoms with Crippen LogP contribution in [0.25, 0.3) is 0 Å². The molecule has 3 rings (SSSR count). The van der Waals surface area contributed by atoms with Crippen molar-refractivity contribution in [3.63, 3.8) is 0 Å². The molecule has 2 aliphatic rings. The third kappa shape index (κ3) is 1.42. The summed E-state index contributed by atoms with van der Waals surface area (Å²) in [5.41, 5.74) is 7.47. The molecule has 0 saturated carbocycles. The summed E-state index contributed by atoms with van der Waals surface area (Å²) in [6, 6.07) is 1.04. The Bertz CT molecular complexity index is 482. The zero-order valence-electron chi connectivity index (χ0n) is 10.1. The number of thiophene rings is 1. The highest BCUT2D eigenvalue weighted by atomic mass is 32.1. The fourth-order valence-electron chi connectivity index (χ4n) is 3.24. The van der Waals surface area contributed by atoms with Gasteiger partial charge in [-0.3, -0.25) is 9.69 Å². The van der Waals surface area contributed by atoms with Crippen LogP contribution in [0, 0.1) is 0 Å². The van der Waals surface area contributed by atoms with Gasteiger partial charge in [-0.15, -0.1) is 11.3 Å². The van der Waals surface area contributed by atoms with Crippen LogP contribution in [0.4, 0.5) is 5.00 Å². The molecule has 92 valence electrons. The first-order valence-corrected chi connectivity index (χ1v) is 6.80. The van der Waals surface area contributed by atoms with Crippen LogP contribution in [0.1, 0.15) is 39.7 Å². The summed E-state index contributed by atoms with van der Waals surface area (Å²) in [6.07, 6.45) is 3.44. The molecule has 2 atom stereocenters. The van der Waals surface area contributed by atoms with E-state index in [4.69, 9.17) is 5.73 Å². The highest BCUT2D eigenvalue weighted by Crippen LogP contribution is 2.49. The quantitative estimate of drug-likeness (QED) is 0.839. The Morgan fingerprint density at radius 2 is 2.29 bits per heavy atom. The van der Waals surface area contributed by atoms with Crippen LogP contribution in [0.5, 0.6) is 0 Å². The highest BCUT2D eigenvalue weighted by Gasteiger charge is 2.41. The molecule has 1 aromatic rings. The summed E-state index contributed by atoms with van der Waals surface area (Å²) in [7, 11) is 4.01. The molecule has 3 N–H and O–H groups in total. The number of fused-ring (bicyclic) bond motifs is 4. The number of nitrogens with two attached hydrogens (primary N) is 1. The Kier molecular flexibility index (Phi) is 2.41. The SMILES string of the molecule is CNc1sc2c(c1C(N)=O)[C@H]1CC[C@H](C2)N1C. The summed E-state index contributed by atoms with van der Waals surface area (Å²) in [6.45, 7) is 0. The molecule has 0 aromatic carbocycles. The average molecular weight is 251 g/mol. The van der Waals surface area contributed by atoms with E-state index in [-0.39, 0.29) is 5.91 Å². The Labute approximate surface area is 105 Å². The summed E-state index contributed by atoms with van der Waals surface area (Å²) in [4.78, 5) is 15.4. The Morgan fingerprint density at radius 1 is 1.53 bits per heavy atom. The molecule has 17 heavy (non-hydrogen) atoms. The topological polar surface area (TPSA) is 58.4 Å². The van der Waals surface area contributed by atoms with Gasteiger partial charge in [0.15, 0.2) is 0 Å². The van der Waals surface area contributed by atoms with Gasteiger partial charge >= 0.3 is 0 Å². The maximum atomic E-state index is 11.7. The number of likely N-dealkylation sites (N-methyl/N-ethyl adjacent to an activating group) is 1. The average Bonchev–Trinajstić information content (AvgIpc) is 2.76. The minimum atomic E-state index is -0.300. The van der Waals surface area contributed by atoms with Gasteiger partial charge in [0.2, 0.25) is 0 Å². The van der Waals surface area contributed by atoms with E-state index in [0.717, 1.165) is 23.4 Å². The van der Waals surface area contributed by atoms with Gasteiger partial charge < -0.3 is 11.1 Å². The predicted octanol–water partition coefficient (Wildman–Crippen LogP) is 1.58. The van der Waals surface area contributed by atoms with Gasteiger partial charge in [-0.2, -0.15) is 0 Å². The van der Waals surface area contributed by atoms with Crippen molar-refractivity contribution in [3.8, 4) is 0 Å². The van der Waals surface area contributed by atoms with E-state index in [9.17, 15) is 4.79 Å². The number of hydrogen-bond acceptors (Lipinski definition) is 4. The van der Waals surface area contributed by atoms with Crippen molar-refractivity contribution < 1.29 is 4.79 Å². The largest absolute Gasteiger partial charge is 0.379 e. The molecule has 4 nitrogen and oxygen atoms in total. The molecular weight excluding hydrogens is 234 g/mol. The number of rotatable bonds is 2. The molecule has 2 aliphatic heterocycles. The Morgan fingerprint density at radius 3 is 2.94 bits per heavy atom. The van der Waals surface area contributed by atoms with E-state index in [1.807, 2.05) is 7.05 Å². The first-order chi connectivity index (χ1) is 8.13. The van der Waals surface area contributed by atoms with Gasteiger partial charge in [-0.05, 0) is 31.9 Å². The summed E-state index contributed by atoms with van der Waals surface area (Å²) in [5, 5.41) is 4.04. The van der Waals surface area contributed by atoms with Crippen molar-refractivity contribution in [1.29, 1.82) is 0 Å². The van der Waals surface area contributed by atoms with E-state index in [1.165, 1.54) is 16.9 Å². The lowest BCUT2D eigenvalue weighted by molar-refractivity contribution is 0.0997. The minimum Gasteiger partial charge on any atom is -0.379 e. The van der Waals surface area contributed by atoms with Gasteiger partial charge in [0, 0.05) is 24.0 Å². The van der Waals surface area contributed by atoms with Gasteiger partial charge in [-0.25, -0.2) is 0 Å². The number of hydrogen-bond donors (Lipinski definition) is 2. The van der Waals surface area contributed by atoms with Crippen LogP contribution >= 0.6 is 11.3 Å². The Hall–Kier alpha value is -1.07. The number of nitrogens with zero attached hydrogens (tertiary/aromatic N) is 1. The van der Waals surface area contributed by atoms with E-state index in [1.54, 1.807) is 11.3 Å². The van der Waals surface area contributed by atoms with Crippen LogP contribution < -0.4 is 11.1 Å². The third-order valence-corrected chi connectivity index (χ3v) is 5.34. The summed E-state index contributed by atoms with van der Waals surface area (Å²) < 4.78 is 0. The number of primary amides is 1. The van der Waals surface area contributed by atoms with Gasteiger partial charge in [0.05, 0.1) is 5.56 Å². The van der Waals surface area contributed by atoms with Crippen molar-refractivity contribution in [3.05, 3.63) is 16.0 Å². The van der Waals surface area contributed by atoms with Crippen LogP contribution in [0.2, 0.25) is 0 Å². The maximum Gasteiger partial charge on any atom is 0.252 e. The standard InChI is InChI=1S/C12H17N3OS/c1-14-12-10(11(13)16)9-7-4-3-6(15(7)2)5-8(9)17-12/h6-7,14H,3-5H2,1-2H3,(H2,13,16)/t6-,7-/m1/s1. The van der Waals surface area contributed by atoms with Crippen LogP contribution in [-0.4, -0.2) is 30.9 Å². The number of amides is 1. The van der Waals surface area contributed by atoms with Crippen molar-refractivity contribution in [2.24, 2.45) is 5.73 Å². The molecule has 3 heterocycles. The van der Waals surface area contributed by atoms with Crippen molar-refractivity contribution in [2.75, 3.05) is 19.4 Å². The smallest absolute Gasteiger partial charge is 0.252 e. The normalized spacial score (nSPS) is 26.9. The van der Waals surface area contributed by atoms with E-state index >= 15 is 0 Å². The van der Waals surface area contributed by atoms with Gasteiger partial charge in [0.1, 0.15) is 5.00 Å². The molecule has 5 heteroatoms. The third-order valence-electron chi connectivity index (χ3n) is 4.09. The molecular formula is C12H17N3OS. The van der Waals surface area contributed by atoms with E-state index < -0.39 is 0 Å². The first-order valence-electron chi connectivity index (χ1n) is 5.98. The molecule has 2 bridgehead atoms.